The Bertz CT molecular complexity index is 770. The zero-order valence-electron chi connectivity index (χ0n) is 11.1. The highest BCUT2D eigenvalue weighted by Gasteiger charge is 2.09. The number of nitrogens with one attached hydrogen (secondary N) is 2. The molecule has 0 saturated heterocycles. The summed E-state index contributed by atoms with van der Waals surface area (Å²) in [6.07, 6.45) is 2.38. The van der Waals surface area contributed by atoms with Crippen LogP contribution in [0, 0.1) is 0 Å². The van der Waals surface area contributed by atoms with Crippen LogP contribution in [0.25, 0.3) is 10.9 Å². The summed E-state index contributed by atoms with van der Waals surface area (Å²) in [5.74, 6) is -0.212. The fourth-order valence-corrected chi connectivity index (χ4v) is 2.29. The van der Waals surface area contributed by atoms with Crippen LogP contribution in [-0.4, -0.2) is 27.6 Å². The maximum absolute atomic E-state index is 12.1. The van der Waals surface area contributed by atoms with Gasteiger partial charge in [-0.05, 0) is 18.2 Å². The van der Waals surface area contributed by atoms with E-state index in [4.69, 9.17) is 11.6 Å². The van der Waals surface area contributed by atoms with Crippen molar-refractivity contribution in [3.63, 3.8) is 0 Å². The largest absolute Gasteiger partial charge is 0.350 e. The Balaban J connectivity index is 1.71. The molecule has 0 aliphatic carbocycles. The molecule has 21 heavy (non-hydrogen) atoms. The molecule has 0 aliphatic heterocycles. The van der Waals surface area contributed by atoms with E-state index < -0.39 is 0 Å². The first-order chi connectivity index (χ1) is 10.2. The van der Waals surface area contributed by atoms with Crippen molar-refractivity contribution in [2.24, 2.45) is 0 Å². The number of nitrogens with zero attached hydrogens (tertiary/aromatic N) is 2. The van der Waals surface area contributed by atoms with Crippen molar-refractivity contribution in [1.82, 2.24) is 20.5 Å². The average molecular weight is 301 g/mol. The molecular formula is C15H13ClN4O. The molecule has 0 bridgehead atoms. The molecule has 6 heteroatoms. The van der Waals surface area contributed by atoms with E-state index in [0.29, 0.717) is 29.2 Å². The number of H-pyrrole nitrogens is 1. The molecule has 5 nitrogen and oxygen atoms in total. The summed E-state index contributed by atoms with van der Waals surface area (Å²) in [4.78, 5) is 16.4. The topological polar surface area (TPSA) is 70.7 Å². The third-order valence-corrected chi connectivity index (χ3v) is 3.45. The van der Waals surface area contributed by atoms with Crippen LogP contribution in [0.5, 0.6) is 0 Å². The van der Waals surface area contributed by atoms with Gasteiger partial charge in [0.05, 0.1) is 10.5 Å². The average Bonchev–Trinajstić information content (AvgIpc) is 3.00. The minimum atomic E-state index is -0.212. The van der Waals surface area contributed by atoms with Crippen LogP contribution >= 0.6 is 11.6 Å². The Hall–Kier alpha value is -2.40. The number of carbonyl (C=O) groups is 1. The van der Waals surface area contributed by atoms with Gasteiger partial charge in [-0.1, -0.05) is 29.8 Å². The van der Waals surface area contributed by atoms with Crippen molar-refractivity contribution in [2.75, 3.05) is 6.54 Å². The van der Waals surface area contributed by atoms with E-state index >= 15 is 0 Å². The molecule has 0 spiro atoms. The molecule has 106 valence electrons. The summed E-state index contributed by atoms with van der Waals surface area (Å²) in [6.45, 7) is 0.517. The molecule has 0 unspecified atom stereocenters. The minimum Gasteiger partial charge on any atom is -0.350 e. The highest BCUT2D eigenvalue weighted by atomic mass is 35.5. The number of aromatic amines is 1. The molecule has 1 amide bonds. The van der Waals surface area contributed by atoms with Gasteiger partial charge in [-0.25, -0.2) is 4.98 Å². The van der Waals surface area contributed by atoms with E-state index in [0.717, 1.165) is 11.1 Å². The summed E-state index contributed by atoms with van der Waals surface area (Å²) in [5, 5.41) is 11.0. The van der Waals surface area contributed by atoms with Crippen LogP contribution in [0.1, 0.15) is 16.2 Å². The van der Waals surface area contributed by atoms with E-state index in [2.05, 4.69) is 20.5 Å². The number of carbonyl (C=O) groups excluding carboxylic acids is 1. The van der Waals surface area contributed by atoms with E-state index in [1.165, 1.54) is 0 Å². The molecule has 2 heterocycles. The van der Waals surface area contributed by atoms with Gasteiger partial charge in [0, 0.05) is 30.2 Å². The molecule has 0 fully saturated rings. The molecule has 0 atom stereocenters. The number of aromatic nitrogens is 3. The lowest BCUT2D eigenvalue weighted by Crippen LogP contribution is -2.26. The molecule has 0 aliphatic rings. The number of hydrogen-bond acceptors (Lipinski definition) is 3. The summed E-state index contributed by atoms with van der Waals surface area (Å²) in [5.41, 5.74) is 1.98. The van der Waals surface area contributed by atoms with Gasteiger partial charge < -0.3 is 5.32 Å². The first kappa shape index (κ1) is 13.6. The number of amides is 1. The number of benzene rings is 1. The number of fused-ring (bicyclic) bond motifs is 1. The maximum atomic E-state index is 12.1. The lowest BCUT2D eigenvalue weighted by Gasteiger charge is -2.05. The first-order valence-corrected chi connectivity index (χ1v) is 6.93. The predicted molar refractivity (Wildman–Crippen MR) is 81.4 cm³/mol. The lowest BCUT2D eigenvalue weighted by atomic mass is 10.2. The standard InChI is InChI=1S/C15H13ClN4O/c16-12-3-1-2-10-4-5-13(19-14(10)12)15(21)17-8-6-11-7-9-18-20-11/h1-5,7,9H,6,8H2,(H,17,21)(H,18,20). The molecule has 2 aromatic heterocycles. The van der Waals surface area contributed by atoms with Gasteiger partial charge in [0.2, 0.25) is 0 Å². The van der Waals surface area contributed by atoms with Crippen molar-refractivity contribution >= 4 is 28.4 Å². The molecule has 0 radical (unpaired) electrons. The highest BCUT2D eigenvalue weighted by Crippen LogP contribution is 2.21. The molecule has 0 saturated carbocycles. The van der Waals surface area contributed by atoms with Crippen molar-refractivity contribution in [3.05, 3.63) is 59.0 Å². The maximum Gasteiger partial charge on any atom is 0.269 e. The van der Waals surface area contributed by atoms with E-state index in [1.807, 2.05) is 24.3 Å². The normalized spacial score (nSPS) is 10.7. The van der Waals surface area contributed by atoms with E-state index in [-0.39, 0.29) is 5.91 Å². The van der Waals surface area contributed by atoms with Gasteiger partial charge in [0.25, 0.3) is 5.91 Å². The number of para-hydroxylation sites is 1. The SMILES string of the molecule is O=C(NCCc1ccn[nH]1)c1ccc2cccc(Cl)c2n1. The van der Waals surface area contributed by atoms with E-state index in [1.54, 1.807) is 18.3 Å². The van der Waals surface area contributed by atoms with Crippen molar-refractivity contribution in [2.45, 2.75) is 6.42 Å². The van der Waals surface area contributed by atoms with Crippen molar-refractivity contribution in [3.8, 4) is 0 Å². The summed E-state index contributed by atoms with van der Waals surface area (Å²) < 4.78 is 0. The van der Waals surface area contributed by atoms with Gasteiger partial charge >= 0.3 is 0 Å². The van der Waals surface area contributed by atoms with E-state index in [9.17, 15) is 4.79 Å². The molecular weight excluding hydrogens is 288 g/mol. The Morgan fingerprint density at radius 3 is 2.95 bits per heavy atom. The molecule has 1 aromatic carbocycles. The van der Waals surface area contributed by atoms with Crippen LogP contribution in [0.2, 0.25) is 5.02 Å². The second kappa shape index (κ2) is 5.93. The van der Waals surface area contributed by atoms with Gasteiger partial charge in [-0.15, -0.1) is 0 Å². The number of pyridine rings is 1. The third-order valence-electron chi connectivity index (χ3n) is 3.14. The van der Waals surface area contributed by atoms with Crippen LogP contribution in [0.4, 0.5) is 0 Å². The van der Waals surface area contributed by atoms with Gasteiger partial charge in [-0.2, -0.15) is 5.10 Å². The fraction of sp³-hybridized carbons (Fsp3) is 0.133. The highest BCUT2D eigenvalue weighted by molar-refractivity contribution is 6.35. The van der Waals surface area contributed by atoms with Crippen LogP contribution in [0.3, 0.4) is 0 Å². The Morgan fingerprint density at radius 1 is 1.24 bits per heavy atom. The zero-order chi connectivity index (χ0) is 14.7. The van der Waals surface area contributed by atoms with Gasteiger partial charge in [-0.3, -0.25) is 9.89 Å². The predicted octanol–water partition coefficient (Wildman–Crippen LogP) is 2.58. The lowest BCUT2D eigenvalue weighted by molar-refractivity contribution is 0.0949. The quantitative estimate of drug-likeness (QED) is 0.778. The fourth-order valence-electron chi connectivity index (χ4n) is 2.06. The molecule has 2 N–H and O–H groups in total. The molecule has 3 rings (SSSR count). The van der Waals surface area contributed by atoms with Crippen LogP contribution in [0.15, 0.2) is 42.6 Å². The zero-order valence-corrected chi connectivity index (χ0v) is 11.9. The third kappa shape index (κ3) is 3.03. The summed E-state index contributed by atoms with van der Waals surface area (Å²) in [7, 11) is 0. The summed E-state index contributed by atoms with van der Waals surface area (Å²) >= 11 is 6.10. The van der Waals surface area contributed by atoms with Crippen LogP contribution < -0.4 is 5.32 Å². The first-order valence-electron chi connectivity index (χ1n) is 6.56. The van der Waals surface area contributed by atoms with Gasteiger partial charge in [0.15, 0.2) is 0 Å². The van der Waals surface area contributed by atoms with Crippen molar-refractivity contribution in [1.29, 1.82) is 0 Å². The Labute approximate surface area is 126 Å². The molecule has 3 aromatic rings. The minimum absolute atomic E-state index is 0.212. The van der Waals surface area contributed by atoms with Crippen molar-refractivity contribution < 1.29 is 4.79 Å². The number of halogens is 1. The number of rotatable bonds is 4. The van der Waals surface area contributed by atoms with Crippen LogP contribution in [-0.2, 0) is 6.42 Å². The Morgan fingerprint density at radius 2 is 2.14 bits per heavy atom. The number of hydrogen-bond donors (Lipinski definition) is 2. The summed E-state index contributed by atoms with van der Waals surface area (Å²) in [6, 6.07) is 10.9. The second-order valence-electron chi connectivity index (χ2n) is 4.60. The second-order valence-corrected chi connectivity index (χ2v) is 5.00. The smallest absolute Gasteiger partial charge is 0.269 e. The van der Waals surface area contributed by atoms with Gasteiger partial charge in [0.1, 0.15) is 5.69 Å². The monoisotopic (exact) mass is 300 g/mol. The Kier molecular flexibility index (Phi) is 3.83.